The monoisotopic (exact) mass is 374 g/mol. The smallest absolute Gasteiger partial charge is 0.274 e. The Hall–Kier alpha value is -3.54. The number of carbonyl (C=O) groups is 2. The highest BCUT2D eigenvalue weighted by Gasteiger charge is 2.11. The number of ketones is 1. The van der Waals surface area contributed by atoms with Crippen molar-refractivity contribution in [3.8, 4) is 0 Å². The van der Waals surface area contributed by atoms with Gasteiger partial charge in [0.2, 0.25) is 0 Å². The molecule has 0 bridgehead atoms. The van der Waals surface area contributed by atoms with Gasteiger partial charge in [-0.3, -0.25) is 9.59 Å². The molecular formula is C22H22N4O2. The molecular weight excluding hydrogens is 352 g/mol. The number of hydrogen-bond acceptors (Lipinski definition) is 5. The van der Waals surface area contributed by atoms with E-state index in [1.165, 1.54) is 12.5 Å². The minimum absolute atomic E-state index is 0.0198. The fourth-order valence-electron chi connectivity index (χ4n) is 2.77. The molecule has 2 aromatic carbocycles. The van der Waals surface area contributed by atoms with Crippen molar-refractivity contribution >= 4 is 23.2 Å². The van der Waals surface area contributed by atoms with Crippen LogP contribution in [-0.4, -0.2) is 21.7 Å². The molecule has 0 aliphatic carbocycles. The Labute approximate surface area is 164 Å². The second kappa shape index (κ2) is 8.43. The zero-order valence-corrected chi connectivity index (χ0v) is 16.1. The number of Topliss-reactive ketones (excluding diaryl/α,β-unsaturated/α-hetero) is 1. The van der Waals surface area contributed by atoms with Crippen molar-refractivity contribution in [3.05, 3.63) is 82.8 Å². The second-order valence-electron chi connectivity index (χ2n) is 6.62. The summed E-state index contributed by atoms with van der Waals surface area (Å²) in [6, 6.07) is 16.6. The van der Waals surface area contributed by atoms with Crippen LogP contribution in [0.25, 0.3) is 0 Å². The van der Waals surface area contributed by atoms with Gasteiger partial charge in [-0.25, -0.2) is 9.97 Å². The van der Waals surface area contributed by atoms with Crippen LogP contribution in [0.2, 0.25) is 0 Å². The first kappa shape index (κ1) is 19.2. The molecule has 0 radical (unpaired) electrons. The maximum Gasteiger partial charge on any atom is 0.274 e. The maximum absolute atomic E-state index is 12.6. The molecule has 0 unspecified atom stereocenters. The van der Waals surface area contributed by atoms with Crippen LogP contribution in [0.15, 0.2) is 54.6 Å². The van der Waals surface area contributed by atoms with E-state index in [0.717, 1.165) is 5.56 Å². The van der Waals surface area contributed by atoms with Crippen LogP contribution in [-0.2, 0) is 6.54 Å². The molecule has 0 atom stereocenters. The number of rotatable bonds is 6. The summed E-state index contributed by atoms with van der Waals surface area (Å²) in [6.45, 7) is 5.90. The third kappa shape index (κ3) is 5.01. The Morgan fingerprint density at radius 2 is 1.71 bits per heavy atom. The number of nitrogens with zero attached hydrogens (tertiary/aromatic N) is 2. The first-order valence-electron chi connectivity index (χ1n) is 8.98. The molecule has 0 spiro atoms. The van der Waals surface area contributed by atoms with Crippen LogP contribution < -0.4 is 10.6 Å². The van der Waals surface area contributed by atoms with Crippen molar-refractivity contribution in [2.24, 2.45) is 0 Å². The Kier molecular flexibility index (Phi) is 5.79. The Bertz CT molecular complexity index is 1010. The number of aryl methyl sites for hydroxylation is 2. The van der Waals surface area contributed by atoms with Gasteiger partial charge < -0.3 is 10.6 Å². The summed E-state index contributed by atoms with van der Waals surface area (Å²) in [5, 5.41) is 6.03. The predicted molar refractivity (Wildman–Crippen MR) is 110 cm³/mol. The van der Waals surface area contributed by atoms with Gasteiger partial charge in [-0.15, -0.1) is 0 Å². The van der Waals surface area contributed by atoms with Crippen molar-refractivity contribution in [2.75, 3.05) is 10.6 Å². The molecule has 3 rings (SSSR count). The number of carbonyl (C=O) groups excluding carboxylic acids is 2. The van der Waals surface area contributed by atoms with Crippen LogP contribution in [0.3, 0.4) is 0 Å². The van der Waals surface area contributed by atoms with Crippen LogP contribution in [0.4, 0.5) is 11.5 Å². The maximum atomic E-state index is 12.6. The fourth-order valence-corrected chi connectivity index (χ4v) is 2.77. The molecule has 142 valence electrons. The lowest BCUT2D eigenvalue weighted by molar-refractivity contribution is 0.101. The molecule has 2 N–H and O–H groups in total. The third-order valence-corrected chi connectivity index (χ3v) is 4.18. The lowest BCUT2D eigenvalue weighted by Crippen LogP contribution is -2.16. The van der Waals surface area contributed by atoms with Crippen LogP contribution in [0.1, 0.15) is 44.7 Å². The molecule has 0 aliphatic rings. The van der Waals surface area contributed by atoms with Crippen LogP contribution in [0, 0.1) is 13.8 Å². The van der Waals surface area contributed by atoms with E-state index in [0.29, 0.717) is 29.4 Å². The van der Waals surface area contributed by atoms with Gasteiger partial charge in [0.05, 0.1) is 0 Å². The number of nitrogens with one attached hydrogen (secondary N) is 2. The summed E-state index contributed by atoms with van der Waals surface area (Å²) < 4.78 is 0. The summed E-state index contributed by atoms with van der Waals surface area (Å²) in [6.07, 6.45) is 0. The van der Waals surface area contributed by atoms with E-state index in [2.05, 4.69) is 26.7 Å². The molecule has 0 aliphatic heterocycles. The molecule has 28 heavy (non-hydrogen) atoms. The summed E-state index contributed by atoms with van der Waals surface area (Å²) in [5.41, 5.74) is 3.79. The first-order chi connectivity index (χ1) is 13.4. The average Bonchev–Trinajstić information content (AvgIpc) is 2.66. The van der Waals surface area contributed by atoms with Gasteiger partial charge in [0.25, 0.3) is 5.91 Å². The standard InChI is InChI=1S/C22H22N4O2/c1-14-5-4-6-17(11-14)13-23-21-12-20(24-16(3)25-21)22(28)26-19-9-7-18(8-10-19)15(2)27/h4-12H,13H2,1-3H3,(H,26,28)(H,23,24,25). The van der Waals surface area contributed by atoms with Gasteiger partial charge in [0, 0.05) is 23.9 Å². The molecule has 3 aromatic rings. The van der Waals surface area contributed by atoms with E-state index >= 15 is 0 Å². The SMILES string of the molecule is CC(=O)c1ccc(NC(=O)c2cc(NCc3cccc(C)c3)nc(C)n2)cc1. The summed E-state index contributed by atoms with van der Waals surface area (Å²) in [7, 11) is 0. The van der Waals surface area contributed by atoms with Gasteiger partial charge in [0.1, 0.15) is 17.3 Å². The van der Waals surface area contributed by atoms with Crippen molar-refractivity contribution in [1.29, 1.82) is 0 Å². The third-order valence-electron chi connectivity index (χ3n) is 4.18. The topological polar surface area (TPSA) is 84.0 Å². The Morgan fingerprint density at radius 3 is 2.39 bits per heavy atom. The van der Waals surface area contributed by atoms with Gasteiger partial charge in [-0.05, 0) is 50.6 Å². The minimum Gasteiger partial charge on any atom is -0.366 e. The molecule has 6 nitrogen and oxygen atoms in total. The second-order valence-corrected chi connectivity index (χ2v) is 6.62. The van der Waals surface area contributed by atoms with E-state index in [1.807, 2.05) is 25.1 Å². The highest BCUT2D eigenvalue weighted by atomic mass is 16.2. The van der Waals surface area contributed by atoms with Crippen molar-refractivity contribution in [1.82, 2.24) is 9.97 Å². The van der Waals surface area contributed by atoms with E-state index in [4.69, 9.17) is 0 Å². The fraction of sp³-hybridized carbons (Fsp3) is 0.182. The normalized spacial score (nSPS) is 10.4. The number of benzene rings is 2. The van der Waals surface area contributed by atoms with E-state index in [1.54, 1.807) is 37.3 Å². The molecule has 0 fully saturated rings. The van der Waals surface area contributed by atoms with E-state index < -0.39 is 0 Å². The van der Waals surface area contributed by atoms with Crippen LogP contribution in [0.5, 0.6) is 0 Å². The zero-order chi connectivity index (χ0) is 20.1. The lowest BCUT2D eigenvalue weighted by atomic mass is 10.1. The molecule has 0 saturated carbocycles. The number of anilines is 2. The van der Waals surface area contributed by atoms with Crippen molar-refractivity contribution in [3.63, 3.8) is 0 Å². The summed E-state index contributed by atoms with van der Waals surface area (Å²) in [5.74, 6) is 0.741. The van der Waals surface area contributed by atoms with Gasteiger partial charge in [-0.2, -0.15) is 0 Å². The van der Waals surface area contributed by atoms with Crippen molar-refractivity contribution < 1.29 is 9.59 Å². The number of hydrogen-bond donors (Lipinski definition) is 2. The molecule has 1 amide bonds. The molecule has 1 heterocycles. The molecule has 1 aromatic heterocycles. The van der Waals surface area contributed by atoms with Gasteiger partial charge >= 0.3 is 0 Å². The summed E-state index contributed by atoms with van der Waals surface area (Å²) >= 11 is 0. The zero-order valence-electron chi connectivity index (χ0n) is 16.1. The average molecular weight is 374 g/mol. The predicted octanol–water partition coefficient (Wildman–Crippen LogP) is 4.16. The van der Waals surface area contributed by atoms with E-state index in [9.17, 15) is 9.59 Å². The largest absolute Gasteiger partial charge is 0.366 e. The quantitative estimate of drug-likeness (QED) is 0.633. The minimum atomic E-state index is -0.334. The number of amides is 1. The molecule has 0 saturated heterocycles. The first-order valence-corrected chi connectivity index (χ1v) is 8.98. The highest BCUT2D eigenvalue weighted by Crippen LogP contribution is 2.14. The summed E-state index contributed by atoms with van der Waals surface area (Å²) in [4.78, 5) is 32.5. The molecule has 6 heteroatoms. The van der Waals surface area contributed by atoms with Gasteiger partial charge in [-0.1, -0.05) is 29.8 Å². The highest BCUT2D eigenvalue weighted by molar-refractivity contribution is 6.03. The lowest BCUT2D eigenvalue weighted by Gasteiger charge is -2.10. The Balaban J connectivity index is 1.71. The Morgan fingerprint density at radius 1 is 0.964 bits per heavy atom. The van der Waals surface area contributed by atoms with Crippen molar-refractivity contribution in [2.45, 2.75) is 27.3 Å². The number of aromatic nitrogens is 2. The van der Waals surface area contributed by atoms with Crippen LogP contribution >= 0.6 is 0 Å². The van der Waals surface area contributed by atoms with E-state index in [-0.39, 0.29) is 17.4 Å². The van der Waals surface area contributed by atoms with Gasteiger partial charge in [0.15, 0.2) is 5.78 Å².